The Morgan fingerprint density at radius 2 is 2.11 bits per heavy atom. The van der Waals surface area contributed by atoms with Crippen LogP contribution in [0.4, 0.5) is 0 Å². The first kappa shape index (κ1) is 5.33. The van der Waals surface area contributed by atoms with E-state index in [1.54, 1.807) is 11.3 Å². The van der Waals surface area contributed by atoms with Crippen LogP contribution in [0.1, 0.15) is 20.3 Å². The average molecular weight is 123 g/mol. The van der Waals surface area contributed by atoms with Gasteiger partial charge >= 0.3 is 0 Å². The zero-order chi connectivity index (χ0) is 6.43. The van der Waals surface area contributed by atoms with Crippen molar-refractivity contribution in [2.45, 2.75) is 20.3 Å². The van der Waals surface area contributed by atoms with Crippen molar-refractivity contribution >= 4 is 0 Å². The molecule has 0 saturated heterocycles. The maximum absolute atomic E-state index is 3.42. The summed E-state index contributed by atoms with van der Waals surface area (Å²) in [5, 5.41) is 3.42. The largest absolute Gasteiger partial charge is 0.388 e. The van der Waals surface area contributed by atoms with Gasteiger partial charge in [-0.05, 0) is 17.9 Å². The Bertz CT molecular complexity index is 151. The molecule has 1 heteroatoms. The van der Waals surface area contributed by atoms with Crippen LogP contribution in [0.3, 0.4) is 0 Å². The SMILES string of the molecule is CC1C2=C(NCC2)C1C. The number of nitrogens with one attached hydrogen (secondary N) is 1. The Morgan fingerprint density at radius 1 is 1.33 bits per heavy atom. The van der Waals surface area contributed by atoms with E-state index in [0.29, 0.717) is 0 Å². The average Bonchev–Trinajstić information content (AvgIpc) is 2.30. The van der Waals surface area contributed by atoms with E-state index in [0.717, 1.165) is 11.8 Å². The summed E-state index contributed by atoms with van der Waals surface area (Å²) in [4.78, 5) is 0. The second kappa shape index (κ2) is 1.53. The van der Waals surface area contributed by atoms with Gasteiger partial charge in [0, 0.05) is 18.2 Å². The fourth-order valence-electron chi connectivity index (χ4n) is 1.96. The predicted octanol–water partition coefficient (Wildman–Crippen LogP) is 1.52. The maximum Gasteiger partial charge on any atom is 0.0182 e. The van der Waals surface area contributed by atoms with Crippen molar-refractivity contribution in [2.24, 2.45) is 11.8 Å². The van der Waals surface area contributed by atoms with Gasteiger partial charge in [0.2, 0.25) is 0 Å². The Hall–Kier alpha value is -0.460. The summed E-state index contributed by atoms with van der Waals surface area (Å²) in [6, 6.07) is 0. The molecule has 0 saturated carbocycles. The van der Waals surface area contributed by atoms with Gasteiger partial charge < -0.3 is 5.32 Å². The molecule has 0 spiro atoms. The normalized spacial score (nSPS) is 39.8. The van der Waals surface area contributed by atoms with Crippen molar-refractivity contribution in [3.8, 4) is 0 Å². The lowest BCUT2D eigenvalue weighted by Gasteiger charge is -2.33. The van der Waals surface area contributed by atoms with Crippen LogP contribution in [0.15, 0.2) is 11.3 Å². The van der Waals surface area contributed by atoms with Crippen LogP contribution >= 0.6 is 0 Å². The molecule has 0 amide bonds. The van der Waals surface area contributed by atoms with E-state index >= 15 is 0 Å². The van der Waals surface area contributed by atoms with Gasteiger partial charge in [0.05, 0.1) is 0 Å². The zero-order valence-electron chi connectivity index (χ0n) is 6.07. The van der Waals surface area contributed by atoms with Gasteiger partial charge in [0.15, 0.2) is 0 Å². The van der Waals surface area contributed by atoms with E-state index in [2.05, 4.69) is 19.2 Å². The number of allylic oxidation sites excluding steroid dienone is 1. The summed E-state index contributed by atoms with van der Waals surface area (Å²) in [7, 11) is 0. The summed E-state index contributed by atoms with van der Waals surface area (Å²) in [6.07, 6.45) is 1.31. The number of hydrogen-bond donors (Lipinski definition) is 1. The molecule has 2 aliphatic rings. The molecule has 9 heavy (non-hydrogen) atoms. The van der Waals surface area contributed by atoms with Crippen LogP contribution in [0.2, 0.25) is 0 Å². The second-order valence-electron chi connectivity index (χ2n) is 3.19. The second-order valence-corrected chi connectivity index (χ2v) is 3.19. The zero-order valence-corrected chi connectivity index (χ0v) is 6.07. The van der Waals surface area contributed by atoms with Gasteiger partial charge in [0.25, 0.3) is 0 Å². The predicted molar refractivity (Wildman–Crippen MR) is 38.0 cm³/mol. The standard InChI is InChI=1S/C8H13N/c1-5-6(2)8-7(5)3-4-9-8/h5-6,9H,3-4H2,1-2H3. The van der Waals surface area contributed by atoms with Gasteiger partial charge in [-0.2, -0.15) is 0 Å². The fourth-order valence-corrected chi connectivity index (χ4v) is 1.96. The summed E-state index contributed by atoms with van der Waals surface area (Å²) in [6.45, 7) is 5.83. The molecule has 0 aromatic rings. The molecular formula is C8H13N. The summed E-state index contributed by atoms with van der Waals surface area (Å²) in [5.74, 6) is 1.69. The van der Waals surface area contributed by atoms with Gasteiger partial charge in [-0.15, -0.1) is 0 Å². The molecule has 0 bridgehead atoms. The minimum atomic E-state index is 0.822. The highest BCUT2D eigenvalue weighted by Crippen LogP contribution is 2.42. The van der Waals surface area contributed by atoms with Crippen molar-refractivity contribution in [3.05, 3.63) is 11.3 Å². The quantitative estimate of drug-likeness (QED) is 0.515. The molecule has 1 N–H and O–H groups in total. The number of hydrogen-bond acceptors (Lipinski definition) is 1. The Labute approximate surface area is 56.1 Å². The minimum absolute atomic E-state index is 0.822. The third-order valence-corrected chi connectivity index (χ3v) is 2.81. The third kappa shape index (κ3) is 0.499. The van der Waals surface area contributed by atoms with Crippen molar-refractivity contribution in [3.63, 3.8) is 0 Å². The molecule has 50 valence electrons. The Kier molecular flexibility index (Phi) is 0.904. The van der Waals surface area contributed by atoms with E-state index in [1.165, 1.54) is 13.0 Å². The van der Waals surface area contributed by atoms with E-state index in [4.69, 9.17) is 0 Å². The molecule has 2 atom stereocenters. The van der Waals surface area contributed by atoms with E-state index in [-0.39, 0.29) is 0 Å². The summed E-state index contributed by atoms with van der Waals surface area (Å²) < 4.78 is 0. The lowest BCUT2D eigenvalue weighted by atomic mass is 9.74. The topological polar surface area (TPSA) is 12.0 Å². The van der Waals surface area contributed by atoms with Crippen LogP contribution in [-0.4, -0.2) is 6.54 Å². The smallest absolute Gasteiger partial charge is 0.0182 e. The van der Waals surface area contributed by atoms with Gasteiger partial charge in [-0.25, -0.2) is 0 Å². The van der Waals surface area contributed by atoms with Crippen LogP contribution in [-0.2, 0) is 0 Å². The lowest BCUT2D eigenvalue weighted by Crippen LogP contribution is -2.28. The van der Waals surface area contributed by atoms with Crippen LogP contribution in [0.25, 0.3) is 0 Å². The van der Waals surface area contributed by atoms with Crippen LogP contribution < -0.4 is 5.32 Å². The summed E-state index contributed by atoms with van der Waals surface area (Å²) in [5.41, 5.74) is 3.25. The van der Waals surface area contributed by atoms with Crippen molar-refractivity contribution in [2.75, 3.05) is 6.54 Å². The third-order valence-electron chi connectivity index (χ3n) is 2.81. The van der Waals surface area contributed by atoms with Crippen LogP contribution in [0, 0.1) is 11.8 Å². The van der Waals surface area contributed by atoms with Crippen LogP contribution in [0.5, 0.6) is 0 Å². The lowest BCUT2D eigenvalue weighted by molar-refractivity contribution is 0.417. The molecule has 1 aliphatic carbocycles. The Morgan fingerprint density at radius 3 is 2.78 bits per heavy atom. The molecule has 1 aliphatic heterocycles. The fraction of sp³-hybridized carbons (Fsp3) is 0.750. The molecule has 0 fully saturated rings. The highest BCUT2D eigenvalue weighted by molar-refractivity contribution is 5.33. The van der Waals surface area contributed by atoms with Gasteiger partial charge in [-0.1, -0.05) is 13.8 Å². The maximum atomic E-state index is 3.42. The molecule has 0 aromatic heterocycles. The summed E-state index contributed by atoms with van der Waals surface area (Å²) >= 11 is 0. The van der Waals surface area contributed by atoms with Crippen molar-refractivity contribution in [1.82, 2.24) is 5.32 Å². The monoisotopic (exact) mass is 123 g/mol. The first-order chi connectivity index (χ1) is 4.30. The molecule has 1 heterocycles. The van der Waals surface area contributed by atoms with Crippen molar-refractivity contribution < 1.29 is 0 Å². The molecule has 2 rings (SSSR count). The van der Waals surface area contributed by atoms with Gasteiger partial charge in [-0.3, -0.25) is 0 Å². The Balaban J connectivity index is 2.26. The molecule has 2 unspecified atom stereocenters. The van der Waals surface area contributed by atoms with Crippen molar-refractivity contribution in [1.29, 1.82) is 0 Å². The minimum Gasteiger partial charge on any atom is -0.388 e. The highest BCUT2D eigenvalue weighted by atomic mass is 14.9. The first-order valence-corrected chi connectivity index (χ1v) is 3.77. The molecule has 0 aromatic carbocycles. The highest BCUT2D eigenvalue weighted by Gasteiger charge is 2.35. The molecule has 1 nitrogen and oxygen atoms in total. The number of rotatable bonds is 0. The molecule has 0 radical (unpaired) electrons. The van der Waals surface area contributed by atoms with E-state index in [9.17, 15) is 0 Å². The van der Waals surface area contributed by atoms with E-state index in [1.807, 2.05) is 0 Å². The van der Waals surface area contributed by atoms with Gasteiger partial charge in [0.1, 0.15) is 0 Å². The molecular weight excluding hydrogens is 110 g/mol. The first-order valence-electron chi connectivity index (χ1n) is 3.77. The van der Waals surface area contributed by atoms with E-state index < -0.39 is 0 Å².